The molecule has 0 fully saturated rings. The van der Waals surface area contributed by atoms with Gasteiger partial charge in [0.05, 0.1) is 19.8 Å². The number of benzene rings is 2. The molecule has 0 saturated carbocycles. The summed E-state index contributed by atoms with van der Waals surface area (Å²) in [4.78, 5) is 0. The van der Waals surface area contributed by atoms with Crippen LogP contribution in [-0.2, 0) is 17.8 Å². The maximum Gasteiger partial charge on any atom is 0.122 e. The van der Waals surface area contributed by atoms with Crippen LogP contribution in [0.15, 0.2) is 48.5 Å². The van der Waals surface area contributed by atoms with Gasteiger partial charge in [0.2, 0.25) is 0 Å². The highest BCUT2D eigenvalue weighted by atomic mass is 16.5. The van der Waals surface area contributed by atoms with E-state index in [1.807, 2.05) is 18.2 Å². The summed E-state index contributed by atoms with van der Waals surface area (Å²) >= 11 is 0. The van der Waals surface area contributed by atoms with Crippen molar-refractivity contribution in [3.8, 4) is 5.75 Å². The number of rotatable bonds is 11. The number of hydrogen-bond acceptors (Lipinski definition) is 3. The lowest BCUT2D eigenvalue weighted by Gasteiger charge is -2.31. The molecule has 1 atom stereocenters. The Bertz CT molecular complexity index is 682. The van der Waals surface area contributed by atoms with Crippen molar-refractivity contribution < 1.29 is 9.47 Å². The van der Waals surface area contributed by atoms with E-state index in [2.05, 4.69) is 58.0 Å². The van der Waals surface area contributed by atoms with Crippen molar-refractivity contribution in [2.45, 2.75) is 59.6 Å². The van der Waals surface area contributed by atoms with Gasteiger partial charge in [0.25, 0.3) is 0 Å². The van der Waals surface area contributed by atoms with Gasteiger partial charge in [-0.15, -0.1) is 0 Å². The molecule has 0 aromatic heterocycles. The number of nitrogens with two attached hydrogens (primary N) is 1. The second-order valence-electron chi connectivity index (χ2n) is 8.08. The first kappa shape index (κ1) is 21.5. The molecular weight excluding hydrogens is 334 g/mol. The van der Waals surface area contributed by atoms with Gasteiger partial charge in [0.15, 0.2) is 0 Å². The Morgan fingerprint density at radius 1 is 1.04 bits per heavy atom. The van der Waals surface area contributed by atoms with Crippen LogP contribution in [0.3, 0.4) is 0 Å². The van der Waals surface area contributed by atoms with Crippen LogP contribution in [0.25, 0.3) is 0 Å². The molecule has 0 aliphatic carbocycles. The SMILES string of the molecule is CCCCOc1cc(CC(N)C(C)(C)COCc2ccccc2)ccc1C. The lowest BCUT2D eigenvalue weighted by molar-refractivity contribution is 0.0383. The first-order chi connectivity index (χ1) is 12.9. The number of unbranched alkanes of at least 4 members (excludes halogenated alkanes) is 1. The minimum atomic E-state index is -0.108. The lowest BCUT2D eigenvalue weighted by Crippen LogP contribution is -2.42. The third-order valence-electron chi connectivity index (χ3n) is 5.05. The van der Waals surface area contributed by atoms with Crippen LogP contribution in [0.4, 0.5) is 0 Å². The van der Waals surface area contributed by atoms with Crippen LogP contribution in [-0.4, -0.2) is 19.3 Å². The summed E-state index contributed by atoms with van der Waals surface area (Å²) in [7, 11) is 0. The van der Waals surface area contributed by atoms with Gasteiger partial charge >= 0.3 is 0 Å². The van der Waals surface area contributed by atoms with Crippen LogP contribution < -0.4 is 10.5 Å². The van der Waals surface area contributed by atoms with E-state index in [-0.39, 0.29) is 11.5 Å². The number of aryl methyl sites for hydroxylation is 1. The molecular formula is C24H35NO2. The van der Waals surface area contributed by atoms with E-state index in [1.165, 1.54) is 16.7 Å². The smallest absolute Gasteiger partial charge is 0.122 e. The zero-order valence-electron chi connectivity index (χ0n) is 17.3. The van der Waals surface area contributed by atoms with E-state index in [0.29, 0.717) is 13.2 Å². The second-order valence-corrected chi connectivity index (χ2v) is 8.08. The molecule has 3 nitrogen and oxygen atoms in total. The van der Waals surface area contributed by atoms with Crippen LogP contribution in [0.1, 0.15) is 50.3 Å². The van der Waals surface area contributed by atoms with Crippen LogP contribution in [0, 0.1) is 12.3 Å². The van der Waals surface area contributed by atoms with E-state index >= 15 is 0 Å². The Balaban J connectivity index is 1.90. The fourth-order valence-electron chi connectivity index (χ4n) is 2.90. The highest BCUT2D eigenvalue weighted by Crippen LogP contribution is 2.26. The fourth-order valence-corrected chi connectivity index (χ4v) is 2.90. The van der Waals surface area contributed by atoms with E-state index in [0.717, 1.165) is 31.6 Å². The van der Waals surface area contributed by atoms with Crippen molar-refractivity contribution >= 4 is 0 Å². The fraction of sp³-hybridized carbons (Fsp3) is 0.500. The molecule has 0 aliphatic heterocycles. The summed E-state index contributed by atoms with van der Waals surface area (Å²) in [6.07, 6.45) is 3.03. The number of hydrogen-bond donors (Lipinski definition) is 1. The first-order valence-corrected chi connectivity index (χ1v) is 10.0. The molecule has 1 unspecified atom stereocenters. The van der Waals surface area contributed by atoms with Gasteiger partial charge in [-0.25, -0.2) is 0 Å². The van der Waals surface area contributed by atoms with E-state index in [9.17, 15) is 0 Å². The minimum absolute atomic E-state index is 0.0134. The largest absolute Gasteiger partial charge is 0.493 e. The molecule has 0 aliphatic rings. The number of ether oxygens (including phenoxy) is 2. The van der Waals surface area contributed by atoms with Gasteiger partial charge in [-0.1, -0.05) is 69.7 Å². The zero-order chi connectivity index (χ0) is 19.7. The van der Waals surface area contributed by atoms with Crippen molar-refractivity contribution in [2.24, 2.45) is 11.1 Å². The van der Waals surface area contributed by atoms with Crippen molar-refractivity contribution in [1.82, 2.24) is 0 Å². The van der Waals surface area contributed by atoms with Crippen molar-refractivity contribution in [3.05, 3.63) is 65.2 Å². The monoisotopic (exact) mass is 369 g/mol. The molecule has 0 saturated heterocycles. The molecule has 27 heavy (non-hydrogen) atoms. The normalized spacial score (nSPS) is 12.8. The van der Waals surface area contributed by atoms with Gasteiger partial charge in [-0.2, -0.15) is 0 Å². The maximum atomic E-state index is 6.55. The quantitative estimate of drug-likeness (QED) is 0.548. The molecule has 0 heterocycles. The second kappa shape index (κ2) is 10.5. The Kier molecular flexibility index (Phi) is 8.33. The Morgan fingerprint density at radius 2 is 1.78 bits per heavy atom. The average molecular weight is 370 g/mol. The topological polar surface area (TPSA) is 44.5 Å². The molecule has 2 aromatic rings. The summed E-state index contributed by atoms with van der Waals surface area (Å²) in [6.45, 7) is 10.6. The standard InChI is InChI=1S/C24H35NO2/c1-5-6-14-27-22-15-21(13-12-19(22)2)16-23(25)24(3,4)18-26-17-20-10-8-7-9-11-20/h7-13,15,23H,5-6,14,16-18,25H2,1-4H3. The molecule has 0 bridgehead atoms. The molecule has 2 N–H and O–H groups in total. The Morgan fingerprint density at radius 3 is 2.48 bits per heavy atom. The van der Waals surface area contributed by atoms with Gasteiger partial charge in [0, 0.05) is 11.5 Å². The van der Waals surface area contributed by atoms with Crippen LogP contribution in [0.2, 0.25) is 0 Å². The summed E-state index contributed by atoms with van der Waals surface area (Å²) in [5.74, 6) is 0.978. The van der Waals surface area contributed by atoms with Crippen molar-refractivity contribution in [1.29, 1.82) is 0 Å². The van der Waals surface area contributed by atoms with Crippen molar-refractivity contribution in [3.63, 3.8) is 0 Å². The van der Waals surface area contributed by atoms with Gasteiger partial charge in [-0.3, -0.25) is 0 Å². The van der Waals surface area contributed by atoms with E-state index in [4.69, 9.17) is 15.2 Å². The van der Waals surface area contributed by atoms with Gasteiger partial charge in [-0.05, 0) is 42.5 Å². The summed E-state index contributed by atoms with van der Waals surface area (Å²) in [5, 5.41) is 0. The molecule has 3 heteroatoms. The molecule has 0 radical (unpaired) electrons. The molecule has 2 rings (SSSR count). The Hall–Kier alpha value is -1.84. The van der Waals surface area contributed by atoms with Crippen molar-refractivity contribution in [2.75, 3.05) is 13.2 Å². The van der Waals surface area contributed by atoms with Gasteiger partial charge < -0.3 is 15.2 Å². The maximum absolute atomic E-state index is 6.55. The van der Waals surface area contributed by atoms with Crippen LogP contribution >= 0.6 is 0 Å². The van der Waals surface area contributed by atoms with Crippen LogP contribution in [0.5, 0.6) is 5.75 Å². The average Bonchev–Trinajstić information content (AvgIpc) is 2.65. The molecule has 0 amide bonds. The molecule has 0 spiro atoms. The van der Waals surface area contributed by atoms with E-state index in [1.54, 1.807) is 0 Å². The summed E-state index contributed by atoms with van der Waals surface area (Å²) in [6, 6.07) is 16.7. The predicted octanol–water partition coefficient (Wildman–Crippen LogP) is 5.29. The lowest BCUT2D eigenvalue weighted by atomic mass is 9.82. The Labute approximate surface area is 164 Å². The molecule has 148 valence electrons. The third-order valence-corrected chi connectivity index (χ3v) is 5.05. The minimum Gasteiger partial charge on any atom is -0.493 e. The third kappa shape index (κ3) is 7.00. The first-order valence-electron chi connectivity index (χ1n) is 10.0. The van der Waals surface area contributed by atoms with Gasteiger partial charge in [0.1, 0.15) is 5.75 Å². The molecule has 2 aromatic carbocycles. The summed E-state index contributed by atoms with van der Waals surface area (Å²) in [5.41, 5.74) is 10.0. The highest BCUT2D eigenvalue weighted by molar-refractivity contribution is 5.37. The zero-order valence-corrected chi connectivity index (χ0v) is 17.3. The summed E-state index contributed by atoms with van der Waals surface area (Å²) < 4.78 is 11.9. The highest BCUT2D eigenvalue weighted by Gasteiger charge is 2.27. The van der Waals surface area contributed by atoms with E-state index < -0.39 is 0 Å². The predicted molar refractivity (Wildman–Crippen MR) is 113 cm³/mol.